The molecule has 1 saturated heterocycles. The van der Waals surface area contributed by atoms with Crippen molar-refractivity contribution >= 4 is 39.9 Å². The summed E-state index contributed by atoms with van der Waals surface area (Å²) in [6.07, 6.45) is -2.56. The molecule has 5 rings (SSSR count). The second kappa shape index (κ2) is 9.95. The summed E-state index contributed by atoms with van der Waals surface area (Å²) in [6, 6.07) is 5.13. The number of carbonyl (C=O) groups excluding carboxylic acids is 1. The third-order valence-corrected chi connectivity index (χ3v) is 8.63. The predicted octanol–water partition coefficient (Wildman–Crippen LogP) is 5.24. The Kier molecular flexibility index (Phi) is 7.10. The predicted molar refractivity (Wildman–Crippen MR) is 149 cm³/mol. The number of aromatic nitrogens is 4. The van der Waals surface area contributed by atoms with E-state index in [4.69, 9.17) is 13.8 Å². The van der Waals surface area contributed by atoms with Crippen LogP contribution in [-0.2, 0) is 27.8 Å². The van der Waals surface area contributed by atoms with Crippen molar-refractivity contribution in [2.45, 2.75) is 84.3 Å². The first kappa shape index (κ1) is 29.3. The Bertz CT molecular complexity index is 1590. The maximum absolute atomic E-state index is 13.7. The van der Waals surface area contributed by atoms with Gasteiger partial charge in [0.2, 0.25) is 11.7 Å². The topological polar surface area (TPSA) is 104 Å². The molecule has 1 amide bonds. The van der Waals surface area contributed by atoms with Gasteiger partial charge in [0, 0.05) is 16.4 Å². The first-order valence-corrected chi connectivity index (χ1v) is 13.9. The molecule has 1 aliphatic rings. The number of nitrogens with one attached hydrogen (secondary N) is 1. The Labute approximate surface area is 239 Å². The zero-order valence-electron chi connectivity index (χ0n) is 23.8. The van der Waals surface area contributed by atoms with E-state index in [0.29, 0.717) is 21.1 Å². The van der Waals surface area contributed by atoms with Crippen LogP contribution >= 0.6 is 11.3 Å². The summed E-state index contributed by atoms with van der Waals surface area (Å²) in [6.45, 7) is 13.4. The van der Waals surface area contributed by atoms with Crippen LogP contribution in [0.15, 0.2) is 35.1 Å². The van der Waals surface area contributed by atoms with Crippen LogP contribution in [-0.4, -0.2) is 50.3 Å². The highest BCUT2D eigenvalue weighted by atomic mass is 32.1. The average molecular weight is 589 g/mol. The zero-order valence-corrected chi connectivity index (χ0v) is 24.7. The van der Waals surface area contributed by atoms with E-state index < -0.39 is 36.8 Å². The van der Waals surface area contributed by atoms with E-state index in [1.165, 1.54) is 6.20 Å². The molecule has 0 bridgehead atoms. The minimum atomic E-state index is -4.47. The van der Waals surface area contributed by atoms with Gasteiger partial charge in [0.15, 0.2) is 0 Å². The van der Waals surface area contributed by atoms with Crippen molar-refractivity contribution < 1.29 is 31.8 Å². The molecule has 1 N–H and O–H groups in total. The summed E-state index contributed by atoms with van der Waals surface area (Å²) in [5.74, 6) is -0.333. The molecule has 0 spiro atoms. The van der Waals surface area contributed by atoms with Crippen molar-refractivity contribution in [3.05, 3.63) is 47.6 Å². The van der Waals surface area contributed by atoms with Crippen molar-refractivity contribution in [2.75, 3.05) is 0 Å². The van der Waals surface area contributed by atoms with E-state index in [-0.39, 0.29) is 34.2 Å². The molecule has 4 heterocycles. The van der Waals surface area contributed by atoms with Crippen LogP contribution in [0.1, 0.15) is 70.3 Å². The monoisotopic (exact) mass is 589 g/mol. The first-order chi connectivity index (χ1) is 19.0. The molecule has 1 aromatic carbocycles. The van der Waals surface area contributed by atoms with Crippen LogP contribution < -0.4 is 10.8 Å². The van der Waals surface area contributed by atoms with Gasteiger partial charge in [-0.15, -0.1) is 11.3 Å². The molecule has 218 valence electrons. The third-order valence-electron chi connectivity index (χ3n) is 7.34. The molecule has 3 aromatic heterocycles. The highest BCUT2D eigenvalue weighted by Crippen LogP contribution is 2.42. The highest BCUT2D eigenvalue weighted by molar-refractivity contribution is 7.23. The zero-order chi connectivity index (χ0) is 30.0. The van der Waals surface area contributed by atoms with Crippen molar-refractivity contribution in [2.24, 2.45) is 0 Å². The molecule has 0 aliphatic carbocycles. The van der Waals surface area contributed by atoms with Crippen molar-refractivity contribution in [1.29, 1.82) is 0 Å². The van der Waals surface area contributed by atoms with E-state index in [1.807, 2.05) is 48.5 Å². The Morgan fingerprint density at radius 2 is 1.80 bits per heavy atom. The van der Waals surface area contributed by atoms with Crippen LogP contribution in [0, 0.1) is 0 Å². The Morgan fingerprint density at radius 1 is 1.12 bits per heavy atom. The number of alkyl halides is 3. The van der Waals surface area contributed by atoms with E-state index in [9.17, 15) is 18.0 Å². The quantitative estimate of drug-likeness (QED) is 0.307. The molecule has 9 nitrogen and oxygen atoms in total. The molecule has 0 radical (unpaired) electrons. The SMILES string of the molecule is CC(C)(C)n1cc(C(=O)NCc2nc(-c3sc4c(B5OC(C)(C)C(C)(C)O5)cccc4c3CC(F)(F)F)no2)cn1. The summed E-state index contributed by atoms with van der Waals surface area (Å²) in [5, 5.41) is 11.3. The van der Waals surface area contributed by atoms with E-state index in [0.717, 1.165) is 11.3 Å². The Morgan fingerprint density at radius 3 is 2.41 bits per heavy atom. The number of amides is 1. The van der Waals surface area contributed by atoms with Gasteiger partial charge >= 0.3 is 13.3 Å². The molecule has 1 aliphatic heterocycles. The molecule has 4 aromatic rings. The maximum Gasteiger partial charge on any atom is 0.496 e. The fourth-order valence-corrected chi connectivity index (χ4v) is 5.66. The largest absolute Gasteiger partial charge is 0.496 e. The minimum absolute atomic E-state index is 0.00937. The Balaban J connectivity index is 1.44. The first-order valence-electron chi connectivity index (χ1n) is 13.1. The molecule has 41 heavy (non-hydrogen) atoms. The maximum atomic E-state index is 13.7. The second-order valence-electron chi connectivity index (χ2n) is 12.1. The van der Waals surface area contributed by atoms with Crippen molar-refractivity contribution in [3.63, 3.8) is 0 Å². The van der Waals surface area contributed by atoms with Crippen LogP contribution in [0.4, 0.5) is 13.2 Å². The van der Waals surface area contributed by atoms with E-state index >= 15 is 0 Å². The highest BCUT2D eigenvalue weighted by Gasteiger charge is 2.52. The molecule has 0 unspecified atom stereocenters. The number of halogens is 3. The molecule has 14 heteroatoms. The Hall–Kier alpha value is -3.23. The van der Waals surface area contributed by atoms with Crippen LogP contribution in [0.5, 0.6) is 0 Å². The standard InChI is InChI=1S/C27H31BF3N5O4S/c1-24(2,3)36-14-15(12-33-36)23(37)32-13-19-34-22(35-38-19)21-17(11-27(29,30)31)16-9-8-10-18(20(16)41-21)28-39-25(4,5)26(6,7)40-28/h8-10,12,14H,11,13H2,1-7H3,(H,32,37). The number of hydrogen-bond donors (Lipinski definition) is 1. The van der Waals surface area contributed by atoms with Crippen LogP contribution in [0.2, 0.25) is 0 Å². The van der Waals surface area contributed by atoms with Gasteiger partial charge in [0.25, 0.3) is 5.91 Å². The lowest BCUT2D eigenvalue weighted by Crippen LogP contribution is -2.41. The van der Waals surface area contributed by atoms with E-state index in [1.54, 1.807) is 29.1 Å². The summed E-state index contributed by atoms with van der Waals surface area (Å²) >= 11 is 1.13. The lowest BCUT2D eigenvalue weighted by atomic mass is 9.78. The third kappa shape index (κ3) is 5.77. The van der Waals surface area contributed by atoms with Gasteiger partial charge in [0.05, 0.1) is 46.3 Å². The van der Waals surface area contributed by atoms with Crippen LogP contribution in [0.3, 0.4) is 0 Å². The fraction of sp³-hybridized carbons (Fsp3) is 0.481. The summed E-state index contributed by atoms with van der Waals surface area (Å²) < 4.78 is 61.2. The van der Waals surface area contributed by atoms with Gasteiger partial charge in [0.1, 0.15) is 0 Å². The van der Waals surface area contributed by atoms with Crippen molar-refractivity contribution in [1.82, 2.24) is 25.2 Å². The van der Waals surface area contributed by atoms with Crippen LogP contribution in [0.25, 0.3) is 20.8 Å². The van der Waals surface area contributed by atoms with Gasteiger partial charge in [-0.25, -0.2) is 0 Å². The average Bonchev–Trinajstić information content (AvgIpc) is 3.62. The van der Waals surface area contributed by atoms with E-state index in [2.05, 4.69) is 20.6 Å². The number of rotatable bonds is 6. The number of hydrogen-bond acceptors (Lipinski definition) is 8. The summed E-state index contributed by atoms with van der Waals surface area (Å²) in [5.41, 5.74) is -0.498. The summed E-state index contributed by atoms with van der Waals surface area (Å²) in [4.78, 5) is 17.2. The molecular weight excluding hydrogens is 558 g/mol. The lowest BCUT2D eigenvalue weighted by molar-refractivity contribution is -0.126. The number of nitrogens with zero attached hydrogens (tertiary/aromatic N) is 4. The number of thiophene rings is 1. The fourth-order valence-electron chi connectivity index (χ4n) is 4.39. The molecule has 0 atom stereocenters. The molecule has 1 fully saturated rings. The normalized spacial score (nSPS) is 17.0. The number of carbonyl (C=O) groups is 1. The summed E-state index contributed by atoms with van der Waals surface area (Å²) in [7, 11) is -0.757. The second-order valence-corrected chi connectivity index (χ2v) is 13.1. The van der Waals surface area contributed by atoms with Gasteiger partial charge in [-0.2, -0.15) is 23.3 Å². The number of benzene rings is 1. The van der Waals surface area contributed by atoms with Gasteiger partial charge in [-0.3, -0.25) is 9.48 Å². The van der Waals surface area contributed by atoms with Gasteiger partial charge in [-0.1, -0.05) is 23.4 Å². The molecular formula is C27H31BF3N5O4S. The van der Waals surface area contributed by atoms with Gasteiger partial charge < -0.3 is 19.1 Å². The van der Waals surface area contributed by atoms with Crippen molar-refractivity contribution in [3.8, 4) is 10.7 Å². The minimum Gasteiger partial charge on any atom is -0.399 e. The number of fused-ring (bicyclic) bond motifs is 1. The molecule has 0 saturated carbocycles. The lowest BCUT2D eigenvalue weighted by Gasteiger charge is -2.32. The smallest absolute Gasteiger partial charge is 0.399 e. The van der Waals surface area contributed by atoms with Gasteiger partial charge in [-0.05, 0) is 59.4 Å².